The van der Waals surface area contributed by atoms with Crippen LogP contribution in [0.15, 0.2) is 23.2 Å². The molecule has 2 aromatic heterocycles. The molecule has 1 saturated carbocycles. The van der Waals surface area contributed by atoms with Crippen molar-refractivity contribution in [3.05, 3.63) is 18.3 Å². The van der Waals surface area contributed by atoms with Crippen molar-refractivity contribution in [1.82, 2.24) is 18.9 Å². The average Bonchev–Trinajstić information content (AvgIpc) is 2.98. The summed E-state index contributed by atoms with van der Waals surface area (Å²) in [5, 5.41) is 11.8. The zero-order valence-electron chi connectivity index (χ0n) is 15.1. The van der Waals surface area contributed by atoms with E-state index >= 15 is 0 Å². The second-order valence-electron chi connectivity index (χ2n) is 6.82. The molecule has 1 aliphatic carbocycles. The van der Waals surface area contributed by atoms with Crippen LogP contribution in [0.4, 0.5) is 5.95 Å². The number of fused-ring (bicyclic) bond motifs is 1. The number of hydrogen-bond donors (Lipinski definition) is 1. The van der Waals surface area contributed by atoms with Gasteiger partial charge in [-0.25, -0.2) is 8.42 Å². The van der Waals surface area contributed by atoms with Crippen molar-refractivity contribution >= 4 is 21.6 Å². The summed E-state index contributed by atoms with van der Waals surface area (Å²) in [6.07, 6.45) is 6.31. The summed E-state index contributed by atoms with van der Waals surface area (Å²) in [4.78, 5) is 0.267. The molecule has 1 N–H and O–H groups in total. The minimum atomic E-state index is -3.50. The molecule has 7 nitrogen and oxygen atoms in total. The van der Waals surface area contributed by atoms with Gasteiger partial charge in [0.25, 0.3) is 0 Å². The van der Waals surface area contributed by atoms with Crippen LogP contribution in [-0.2, 0) is 10.0 Å². The second-order valence-corrected chi connectivity index (χ2v) is 8.76. The molecule has 2 heterocycles. The van der Waals surface area contributed by atoms with E-state index in [9.17, 15) is 8.42 Å². The number of hydrogen-bond acceptors (Lipinski definition) is 5. The molecule has 0 aliphatic heterocycles. The first-order chi connectivity index (χ1) is 12.0. The largest absolute Gasteiger partial charge is 0.351 e. The zero-order valence-corrected chi connectivity index (χ0v) is 16.0. The first-order valence-electron chi connectivity index (χ1n) is 9.07. The highest BCUT2D eigenvalue weighted by Crippen LogP contribution is 2.26. The molecule has 25 heavy (non-hydrogen) atoms. The fourth-order valence-corrected chi connectivity index (χ4v) is 5.04. The highest BCUT2D eigenvalue weighted by atomic mass is 32.2. The summed E-state index contributed by atoms with van der Waals surface area (Å²) in [5.74, 6) is 1.31. The molecular weight excluding hydrogens is 338 g/mol. The number of rotatable bonds is 6. The summed E-state index contributed by atoms with van der Waals surface area (Å²) in [6, 6.07) is 3.67. The van der Waals surface area contributed by atoms with Crippen molar-refractivity contribution in [3.8, 4) is 0 Å². The van der Waals surface area contributed by atoms with Gasteiger partial charge in [0.15, 0.2) is 5.65 Å². The van der Waals surface area contributed by atoms with E-state index in [1.807, 2.05) is 13.8 Å². The zero-order chi connectivity index (χ0) is 18.0. The molecule has 2 atom stereocenters. The summed E-state index contributed by atoms with van der Waals surface area (Å²) in [5.41, 5.74) is 0.643. The van der Waals surface area contributed by atoms with E-state index in [4.69, 9.17) is 0 Å². The quantitative estimate of drug-likeness (QED) is 0.851. The van der Waals surface area contributed by atoms with E-state index in [1.165, 1.54) is 17.1 Å². The Bertz CT molecular complexity index is 829. The summed E-state index contributed by atoms with van der Waals surface area (Å²) >= 11 is 0. The number of nitrogens with zero attached hydrogens (tertiary/aromatic N) is 4. The normalized spacial score (nSPS) is 21.8. The maximum Gasteiger partial charge on any atom is 0.244 e. The Labute approximate surface area is 149 Å². The molecule has 1 fully saturated rings. The molecule has 0 aromatic carbocycles. The molecule has 0 radical (unpaired) electrons. The predicted molar refractivity (Wildman–Crippen MR) is 98.1 cm³/mol. The summed E-state index contributed by atoms with van der Waals surface area (Å²) in [7, 11) is -3.50. The van der Waals surface area contributed by atoms with Crippen LogP contribution in [0.25, 0.3) is 5.65 Å². The van der Waals surface area contributed by atoms with Crippen LogP contribution in [0, 0.1) is 5.92 Å². The second kappa shape index (κ2) is 7.29. The van der Waals surface area contributed by atoms with E-state index in [0.717, 1.165) is 12.8 Å². The van der Waals surface area contributed by atoms with Gasteiger partial charge in [-0.15, -0.1) is 10.2 Å². The number of aromatic nitrogens is 3. The van der Waals surface area contributed by atoms with Gasteiger partial charge in [-0.3, -0.25) is 4.40 Å². The van der Waals surface area contributed by atoms with Crippen molar-refractivity contribution in [3.63, 3.8) is 0 Å². The van der Waals surface area contributed by atoms with Crippen LogP contribution < -0.4 is 5.32 Å². The molecule has 0 saturated heterocycles. The average molecular weight is 366 g/mol. The van der Waals surface area contributed by atoms with Crippen LogP contribution >= 0.6 is 0 Å². The van der Waals surface area contributed by atoms with Crippen LogP contribution in [0.1, 0.15) is 46.5 Å². The minimum absolute atomic E-state index is 0.267. The Morgan fingerprint density at radius 3 is 2.68 bits per heavy atom. The monoisotopic (exact) mass is 365 g/mol. The molecule has 3 rings (SSSR count). The maximum absolute atomic E-state index is 12.8. The molecule has 0 spiro atoms. The van der Waals surface area contributed by atoms with Gasteiger partial charge in [-0.2, -0.15) is 4.31 Å². The molecule has 138 valence electrons. The Morgan fingerprint density at radius 1 is 1.24 bits per heavy atom. The third-order valence-corrected chi connectivity index (χ3v) is 7.02. The number of pyridine rings is 1. The SMILES string of the molecule is CCN(CC)S(=O)(=O)c1ccc2nnc(N[C@H]3CCC[C@@H](C)C3)n2c1. The molecule has 0 unspecified atom stereocenters. The summed E-state index contributed by atoms with van der Waals surface area (Å²) in [6.45, 7) is 6.85. The lowest BCUT2D eigenvalue weighted by Crippen LogP contribution is -2.30. The Hall–Kier alpha value is -1.67. The number of anilines is 1. The molecule has 0 bridgehead atoms. The third-order valence-electron chi connectivity index (χ3n) is 4.99. The first kappa shape index (κ1) is 18.1. The first-order valence-corrected chi connectivity index (χ1v) is 10.5. The van der Waals surface area contributed by atoms with E-state index in [-0.39, 0.29) is 4.90 Å². The highest BCUT2D eigenvalue weighted by molar-refractivity contribution is 7.89. The van der Waals surface area contributed by atoms with Crippen molar-refractivity contribution in [2.24, 2.45) is 5.92 Å². The van der Waals surface area contributed by atoms with Crippen LogP contribution in [0.3, 0.4) is 0 Å². The lowest BCUT2D eigenvalue weighted by Gasteiger charge is -2.27. The van der Waals surface area contributed by atoms with E-state index in [1.54, 1.807) is 22.7 Å². The topological polar surface area (TPSA) is 79.6 Å². The number of nitrogens with one attached hydrogen (secondary N) is 1. The lowest BCUT2D eigenvalue weighted by molar-refractivity contribution is 0.357. The summed E-state index contributed by atoms with van der Waals surface area (Å²) < 4.78 is 28.7. The number of sulfonamides is 1. The molecular formula is C17H27N5O2S. The van der Waals surface area contributed by atoms with E-state index in [0.29, 0.717) is 36.6 Å². The standard InChI is InChI=1S/C17H27N5O2S/c1-4-21(5-2)25(23,24)15-9-10-16-19-20-17(22(16)12-15)18-14-8-6-7-13(3)11-14/h9-10,12-14H,4-8,11H2,1-3H3,(H,18,20)/t13-,14+/m1/s1. The fourth-order valence-electron chi connectivity index (χ4n) is 3.58. The van der Waals surface area contributed by atoms with Crippen LogP contribution in [0.5, 0.6) is 0 Å². The van der Waals surface area contributed by atoms with Crippen molar-refractivity contribution in [1.29, 1.82) is 0 Å². The van der Waals surface area contributed by atoms with Crippen molar-refractivity contribution in [2.45, 2.75) is 57.4 Å². The Morgan fingerprint density at radius 2 is 2.00 bits per heavy atom. The maximum atomic E-state index is 12.8. The third kappa shape index (κ3) is 3.64. The van der Waals surface area contributed by atoms with E-state index < -0.39 is 10.0 Å². The molecule has 0 amide bonds. The van der Waals surface area contributed by atoms with Gasteiger partial charge >= 0.3 is 0 Å². The van der Waals surface area contributed by atoms with Crippen molar-refractivity contribution in [2.75, 3.05) is 18.4 Å². The highest BCUT2D eigenvalue weighted by Gasteiger charge is 2.24. The predicted octanol–water partition coefficient (Wildman–Crippen LogP) is 2.75. The molecule has 2 aromatic rings. The van der Waals surface area contributed by atoms with Gasteiger partial charge < -0.3 is 5.32 Å². The lowest BCUT2D eigenvalue weighted by atomic mass is 9.87. The van der Waals surface area contributed by atoms with Gasteiger partial charge in [0.05, 0.1) is 4.90 Å². The smallest absolute Gasteiger partial charge is 0.244 e. The minimum Gasteiger partial charge on any atom is -0.351 e. The van der Waals surface area contributed by atoms with Crippen LogP contribution in [-0.4, -0.2) is 46.5 Å². The van der Waals surface area contributed by atoms with Gasteiger partial charge in [-0.05, 0) is 30.9 Å². The van der Waals surface area contributed by atoms with Crippen molar-refractivity contribution < 1.29 is 8.42 Å². The Kier molecular flexibility index (Phi) is 5.29. The Balaban J connectivity index is 1.92. The van der Waals surface area contributed by atoms with Gasteiger partial charge in [0, 0.05) is 25.3 Å². The van der Waals surface area contributed by atoms with Crippen LogP contribution in [0.2, 0.25) is 0 Å². The molecule has 8 heteroatoms. The van der Waals surface area contributed by atoms with Gasteiger partial charge in [-0.1, -0.05) is 33.6 Å². The molecule has 1 aliphatic rings. The van der Waals surface area contributed by atoms with Gasteiger partial charge in [0.2, 0.25) is 16.0 Å². The van der Waals surface area contributed by atoms with E-state index in [2.05, 4.69) is 22.4 Å². The van der Waals surface area contributed by atoms with Gasteiger partial charge in [0.1, 0.15) is 0 Å². The fraction of sp³-hybridized carbons (Fsp3) is 0.647.